The van der Waals surface area contributed by atoms with Crippen LogP contribution in [0.5, 0.6) is 0 Å². The third-order valence-corrected chi connectivity index (χ3v) is 4.85. The SMILES string of the molecule is CC1CCC(C(=O)O)CN1Cc1ccc(-c2ccccc2Cl)o1. The summed E-state index contributed by atoms with van der Waals surface area (Å²) in [5.41, 5.74) is 0.871. The van der Waals surface area contributed by atoms with Crippen molar-refractivity contribution in [2.45, 2.75) is 32.4 Å². The van der Waals surface area contributed by atoms with Gasteiger partial charge in [0.2, 0.25) is 0 Å². The van der Waals surface area contributed by atoms with E-state index in [4.69, 9.17) is 16.0 Å². The predicted molar refractivity (Wildman–Crippen MR) is 89.4 cm³/mol. The molecule has 0 aliphatic carbocycles. The monoisotopic (exact) mass is 333 g/mol. The second-order valence-corrected chi connectivity index (χ2v) is 6.54. The number of furan rings is 1. The molecule has 1 aromatic heterocycles. The molecule has 0 spiro atoms. The number of carboxylic acid groups (broad SMARTS) is 1. The smallest absolute Gasteiger partial charge is 0.307 e. The van der Waals surface area contributed by atoms with Crippen molar-refractivity contribution in [3.8, 4) is 11.3 Å². The van der Waals surface area contributed by atoms with Gasteiger partial charge >= 0.3 is 5.97 Å². The summed E-state index contributed by atoms with van der Waals surface area (Å²) in [5.74, 6) is 0.574. The van der Waals surface area contributed by atoms with Gasteiger partial charge in [-0.05, 0) is 44.0 Å². The van der Waals surface area contributed by atoms with Crippen molar-refractivity contribution < 1.29 is 14.3 Å². The largest absolute Gasteiger partial charge is 0.481 e. The zero-order chi connectivity index (χ0) is 16.4. The van der Waals surface area contributed by atoms with Crippen LogP contribution in [0.15, 0.2) is 40.8 Å². The van der Waals surface area contributed by atoms with Gasteiger partial charge in [0.25, 0.3) is 0 Å². The molecule has 2 heterocycles. The van der Waals surface area contributed by atoms with Crippen molar-refractivity contribution in [3.05, 3.63) is 47.2 Å². The van der Waals surface area contributed by atoms with Gasteiger partial charge in [-0.15, -0.1) is 0 Å². The van der Waals surface area contributed by atoms with Crippen LogP contribution in [0, 0.1) is 5.92 Å². The maximum absolute atomic E-state index is 11.2. The Morgan fingerprint density at radius 1 is 1.30 bits per heavy atom. The summed E-state index contributed by atoms with van der Waals surface area (Å²) in [7, 11) is 0. The van der Waals surface area contributed by atoms with E-state index in [0.717, 1.165) is 29.9 Å². The number of hydrogen-bond donors (Lipinski definition) is 1. The third-order valence-electron chi connectivity index (χ3n) is 4.52. The van der Waals surface area contributed by atoms with E-state index < -0.39 is 5.97 Å². The predicted octanol–water partition coefficient (Wildman–Crippen LogP) is 4.29. The Morgan fingerprint density at radius 2 is 2.09 bits per heavy atom. The first-order chi connectivity index (χ1) is 11.0. The minimum absolute atomic E-state index is 0.288. The van der Waals surface area contributed by atoms with Gasteiger partial charge in [0, 0.05) is 18.2 Å². The molecule has 0 bridgehead atoms. The van der Waals surface area contributed by atoms with Crippen LogP contribution in [0.3, 0.4) is 0 Å². The van der Waals surface area contributed by atoms with Gasteiger partial charge < -0.3 is 9.52 Å². The number of carbonyl (C=O) groups is 1. The lowest BCUT2D eigenvalue weighted by molar-refractivity contribution is -0.144. The Morgan fingerprint density at radius 3 is 2.83 bits per heavy atom. The first kappa shape index (κ1) is 16.1. The number of carboxylic acids is 1. The van der Waals surface area contributed by atoms with Crippen molar-refractivity contribution in [2.24, 2.45) is 5.92 Å². The summed E-state index contributed by atoms with van der Waals surface area (Å²) in [6.07, 6.45) is 1.64. The standard InChI is InChI=1S/C18H20ClNO3/c1-12-6-7-13(18(21)22)10-20(12)11-14-8-9-17(23-14)15-4-2-3-5-16(15)19/h2-5,8-9,12-13H,6-7,10-11H2,1H3,(H,21,22). The number of nitrogens with zero attached hydrogens (tertiary/aromatic N) is 1. The topological polar surface area (TPSA) is 53.7 Å². The molecule has 1 saturated heterocycles. The fourth-order valence-corrected chi connectivity index (χ4v) is 3.30. The van der Waals surface area contributed by atoms with E-state index in [-0.39, 0.29) is 5.92 Å². The van der Waals surface area contributed by atoms with E-state index in [9.17, 15) is 9.90 Å². The summed E-state index contributed by atoms with van der Waals surface area (Å²) in [6, 6.07) is 11.8. The maximum atomic E-state index is 11.2. The van der Waals surface area contributed by atoms with Gasteiger partial charge in [-0.3, -0.25) is 9.69 Å². The van der Waals surface area contributed by atoms with E-state index in [0.29, 0.717) is 24.2 Å². The summed E-state index contributed by atoms with van der Waals surface area (Å²) < 4.78 is 5.92. The molecule has 0 radical (unpaired) electrons. The normalized spacial score (nSPS) is 22.2. The van der Waals surface area contributed by atoms with Crippen LogP contribution in [0.1, 0.15) is 25.5 Å². The third kappa shape index (κ3) is 3.59. The molecule has 2 atom stereocenters. The van der Waals surface area contributed by atoms with E-state index in [1.54, 1.807) is 0 Å². The number of rotatable bonds is 4. The van der Waals surface area contributed by atoms with Crippen LogP contribution in [0.4, 0.5) is 0 Å². The second kappa shape index (κ2) is 6.77. The van der Waals surface area contributed by atoms with Crippen molar-refractivity contribution in [1.29, 1.82) is 0 Å². The summed E-state index contributed by atoms with van der Waals surface area (Å²) in [4.78, 5) is 13.4. The Hall–Kier alpha value is -1.78. The summed E-state index contributed by atoms with van der Waals surface area (Å²) in [5, 5.41) is 9.88. The minimum Gasteiger partial charge on any atom is -0.481 e. The van der Waals surface area contributed by atoms with Crippen molar-refractivity contribution in [2.75, 3.05) is 6.54 Å². The van der Waals surface area contributed by atoms with Crippen LogP contribution >= 0.6 is 11.6 Å². The zero-order valence-electron chi connectivity index (χ0n) is 13.0. The van der Waals surface area contributed by atoms with E-state index >= 15 is 0 Å². The summed E-state index contributed by atoms with van der Waals surface area (Å²) >= 11 is 6.20. The fraction of sp³-hybridized carbons (Fsp3) is 0.389. The Labute approximate surface area is 140 Å². The molecule has 5 heteroatoms. The molecule has 2 aromatic rings. The minimum atomic E-state index is -0.710. The number of likely N-dealkylation sites (tertiary alicyclic amines) is 1. The van der Waals surface area contributed by atoms with Crippen molar-refractivity contribution in [3.63, 3.8) is 0 Å². The van der Waals surface area contributed by atoms with Crippen LogP contribution in [-0.2, 0) is 11.3 Å². The Kier molecular flexibility index (Phi) is 4.74. The van der Waals surface area contributed by atoms with Crippen LogP contribution in [0.2, 0.25) is 5.02 Å². The molecule has 1 N–H and O–H groups in total. The van der Waals surface area contributed by atoms with Gasteiger partial charge in [0.15, 0.2) is 0 Å². The lowest BCUT2D eigenvalue weighted by atomic mass is 9.93. The molecule has 1 aromatic carbocycles. The van der Waals surface area contributed by atoms with Crippen molar-refractivity contribution in [1.82, 2.24) is 4.90 Å². The molecular formula is C18H20ClNO3. The fourth-order valence-electron chi connectivity index (χ4n) is 3.07. The van der Waals surface area contributed by atoms with Crippen molar-refractivity contribution >= 4 is 17.6 Å². The quantitative estimate of drug-likeness (QED) is 0.907. The number of hydrogen-bond acceptors (Lipinski definition) is 3. The number of aliphatic carboxylic acids is 1. The number of piperidine rings is 1. The first-order valence-electron chi connectivity index (χ1n) is 7.85. The van der Waals surface area contributed by atoms with Gasteiger partial charge in [0.05, 0.1) is 17.5 Å². The molecule has 0 saturated carbocycles. The number of benzene rings is 1. The van der Waals surface area contributed by atoms with Gasteiger partial charge in [-0.25, -0.2) is 0 Å². The highest BCUT2D eigenvalue weighted by atomic mass is 35.5. The first-order valence-corrected chi connectivity index (χ1v) is 8.23. The van der Waals surface area contributed by atoms with Gasteiger partial charge in [0.1, 0.15) is 11.5 Å². The molecule has 1 fully saturated rings. The molecule has 23 heavy (non-hydrogen) atoms. The Balaban J connectivity index is 1.73. The second-order valence-electron chi connectivity index (χ2n) is 6.14. The average molecular weight is 334 g/mol. The molecule has 2 unspecified atom stereocenters. The van der Waals surface area contributed by atoms with E-state index in [2.05, 4.69) is 11.8 Å². The van der Waals surface area contributed by atoms with Crippen LogP contribution < -0.4 is 0 Å². The molecule has 0 amide bonds. The molecule has 4 nitrogen and oxygen atoms in total. The highest BCUT2D eigenvalue weighted by molar-refractivity contribution is 6.33. The van der Waals surface area contributed by atoms with E-state index in [1.807, 2.05) is 36.4 Å². The average Bonchev–Trinajstić information content (AvgIpc) is 2.98. The lowest BCUT2D eigenvalue weighted by Crippen LogP contribution is -2.43. The zero-order valence-corrected chi connectivity index (χ0v) is 13.8. The highest BCUT2D eigenvalue weighted by Gasteiger charge is 2.30. The Bertz CT molecular complexity index is 697. The van der Waals surface area contributed by atoms with Gasteiger partial charge in [-0.1, -0.05) is 23.7 Å². The molecular weight excluding hydrogens is 314 g/mol. The molecule has 3 rings (SSSR count). The highest BCUT2D eigenvalue weighted by Crippen LogP contribution is 2.30. The molecule has 1 aliphatic rings. The number of halogens is 1. The maximum Gasteiger partial charge on any atom is 0.307 e. The van der Waals surface area contributed by atoms with Crippen LogP contribution in [-0.4, -0.2) is 28.6 Å². The van der Waals surface area contributed by atoms with Gasteiger partial charge in [-0.2, -0.15) is 0 Å². The molecule has 1 aliphatic heterocycles. The van der Waals surface area contributed by atoms with Crippen LogP contribution in [0.25, 0.3) is 11.3 Å². The summed E-state index contributed by atoms with van der Waals surface area (Å²) in [6.45, 7) is 3.32. The molecule has 122 valence electrons. The lowest BCUT2D eigenvalue weighted by Gasteiger charge is -2.35. The van der Waals surface area contributed by atoms with E-state index in [1.165, 1.54) is 0 Å².